The quantitative estimate of drug-likeness (QED) is 0.0280. The summed E-state index contributed by atoms with van der Waals surface area (Å²) in [6.45, 7) is 5.43. The summed E-state index contributed by atoms with van der Waals surface area (Å²) in [6.07, 6.45) is -1.25. The van der Waals surface area contributed by atoms with Crippen molar-refractivity contribution in [1.82, 2.24) is 109 Å². The van der Waals surface area contributed by atoms with Crippen LogP contribution in [0, 0.1) is 56.7 Å². The van der Waals surface area contributed by atoms with Crippen LogP contribution in [0.1, 0.15) is 92.6 Å². The summed E-state index contributed by atoms with van der Waals surface area (Å²) in [5, 5.41) is 86.2. The highest BCUT2D eigenvalue weighted by Gasteiger charge is 2.37. The van der Waals surface area contributed by atoms with Gasteiger partial charge in [0.15, 0.2) is 0 Å². The molecule has 0 aliphatic rings. The second-order valence-corrected chi connectivity index (χ2v) is 31.8. The summed E-state index contributed by atoms with van der Waals surface area (Å²) in [4.78, 5) is 75.1. The Morgan fingerprint density at radius 3 is 0.939 bits per heavy atom. The first kappa shape index (κ1) is 102. The van der Waals surface area contributed by atoms with Gasteiger partial charge in [0.25, 0.3) is 0 Å². The molecule has 1 atom stereocenters. The number of benzene rings is 3. The Labute approximate surface area is 822 Å². The molecule has 12 N–H and O–H groups in total. The van der Waals surface area contributed by atoms with Crippen LogP contribution in [-0.4, -0.2) is 146 Å². The van der Waals surface area contributed by atoms with Gasteiger partial charge in [0.2, 0.25) is 29.7 Å². The Morgan fingerprint density at radius 2 is 0.673 bits per heavy atom. The zero-order valence-corrected chi connectivity index (χ0v) is 76.4. The number of anilines is 5. The fourth-order valence-electron chi connectivity index (χ4n) is 14.2. The van der Waals surface area contributed by atoms with Gasteiger partial charge in [-0.25, -0.2) is 79.4 Å². The Hall–Kier alpha value is -19.0. The van der Waals surface area contributed by atoms with Gasteiger partial charge in [0, 0.05) is 162 Å². The molecule has 16 heterocycles. The molecular formula is C96H68ClF15N32O3. The molecule has 16 aromatic heterocycles. The van der Waals surface area contributed by atoms with Gasteiger partial charge in [-0.1, -0.05) is 48.9 Å². The van der Waals surface area contributed by atoms with Gasteiger partial charge >= 0.3 is 30.9 Å². The van der Waals surface area contributed by atoms with Crippen molar-refractivity contribution in [3.63, 3.8) is 0 Å². The van der Waals surface area contributed by atoms with Crippen molar-refractivity contribution in [2.75, 3.05) is 46.8 Å². The molecule has 19 aromatic rings. The lowest BCUT2D eigenvalue weighted by Gasteiger charge is -2.10. The lowest BCUT2D eigenvalue weighted by atomic mass is 10.1. The molecule has 0 bridgehead atoms. The average molecular weight is 2040 g/mol. The lowest BCUT2D eigenvalue weighted by molar-refractivity contribution is -0.138. The fourth-order valence-corrected chi connectivity index (χ4v) is 14.5. The van der Waals surface area contributed by atoms with Gasteiger partial charge in [-0.2, -0.15) is 97.3 Å². The van der Waals surface area contributed by atoms with Crippen LogP contribution >= 0.6 is 11.6 Å². The molecule has 3 aromatic carbocycles. The molecule has 35 nitrogen and oxygen atoms in total. The van der Waals surface area contributed by atoms with E-state index in [1.54, 1.807) is 54.2 Å². The molecule has 0 amide bonds. The number of aliphatic hydroxyl groups excluding tert-OH is 1. The van der Waals surface area contributed by atoms with E-state index in [0.717, 1.165) is 90.1 Å². The zero-order valence-electron chi connectivity index (χ0n) is 75.6. The van der Waals surface area contributed by atoms with Gasteiger partial charge in [0.05, 0.1) is 139 Å². The van der Waals surface area contributed by atoms with Gasteiger partial charge in [0.1, 0.15) is 70.1 Å². The van der Waals surface area contributed by atoms with E-state index in [1.807, 2.05) is 79.9 Å². The molecule has 742 valence electrons. The van der Waals surface area contributed by atoms with Gasteiger partial charge < -0.3 is 66.5 Å². The van der Waals surface area contributed by atoms with Crippen LogP contribution in [0.4, 0.5) is 95.6 Å². The van der Waals surface area contributed by atoms with Crippen molar-refractivity contribution in [3.8, 4) is 104 Å². The van der Waals surface area contributed by atoms with Crippen molar-refractivity contribution >= 4 is 96.5 Å². The van der Waals surface area contributed by atoms with Crippen molar-refractivity contribution < 1.29 is 80.8 Å². The van der Waals surface area contributed by atoms with Crippen LogP contribution in [0.3, 0.4) is 0 Å². The molecular weight excluding hydrogens is 1970 g/mol. The molecule has 0 radical (unpaired) electrons. The van der Waals surface area contributed by atoms with Crippen molar-refractivity contribution in [1.29, 1.82) is 26.3 Å². The largest absolute Gasteiger partial charge is 0.508 e. The monoisotopic (exact) mass is 2040 g/mol. The topological polar surface area (TPSA) is 519 Å². The molecule has 147 heavy (non-hydrogen) atoms. The minimum Gasteiger partial charge on any atom is -0.508 e. The van der Waals surface area contributed by atoms with E-state index >= 15 is 0 Å². The van der Waals surface area contributed by atoms with E-state index in [4.69, 9.17) is 16.3 Å². The number of nitrogens with one attached hydrogen (secondary N) is 10. The molecule has 0 aliphatic carbocycles. The lowest BCUT2D eigenvalue weighted by Crippen LogP contribution is -2.17. The first-order valence-electron chi connectivity index (χ1n) is 43.0. The number of nitrogens with zero attached hydrogens (tertiary/aromatic N) is 22. The number of ether oxygens (including phenoxy) is 1. The van der Waals surface area contributed by atoms with E-state index in [1.165, 1.54) is 69.1 Å². The van der Waals surface area contributed by atoms with Crippen LogP contribution < -0.4 is 31.3 Å². The molecule has 51 heteroatoms. The number of phenolic OH excluding ortho intramolecular Hbond substituents is 1. The summed E-state index contributed by atoms with van der Waals surface area (Å²) in [5.74, 6) is 1.77. The number of aromatic nitrogens is 22. The number of fused-ring (bicyclic) bond motifs is 5. The van der Waals surface area contributed by atoms with E-state index in [0.29, 0.717) is 70.7 Å². The number of alkyl halides is 15. The van der Waals surface area contributed by atoms with Crippen LogP contribution in [-0.2, 0) is 50.5 Å². The maximum atomic E-state index is 13.2. The standard InChI is InChI=1S/C23H15F3N8.C21H14ClF3N6O.C20H13F3N6O.C16H13F3N6O.C16H13F3N6/c24-23(25,26)16-8-18-19(13-29-21(18)28-12-16)20-15(9-27)11-31-22(33-20)30-10-14-2-4-17(5-3-14)34-7-1-6-32-34;1-32-17-3-2-11(4-16(17)22)7-29-20-30-8-12(6-26)18(31-20)15-10-28-19-14(15)5-13(9-27-19)21(23,24)25;21-20(22,23)13-5-15-16(10-26-18(15)25-9-13)17-12(6-24)8-28-19(29-17)27-7-11-1-3-14(30)4-2-11;1-8(26)4-23-15-24-5-9(3-20)13(25-15)12-7-22-14-11(12)2-10(6-21-14)16(17,18)19;1-2-3-21-15-24-6-9(5-20)13(25-15)12-8-23-14-11(12)4-10(7-22-14)16(17,18)19/h1-8,11-13H,10H2,(H,28,29)(H,30,31,33);2-5,8-10H,7H2,1H3,(H,27,28)(H,29,30,31);1-5,8-10,30H,7H2,(H,25,26)(H,27,28,29);2,5-8,26H,4H2,1H3,(H,21,22)(H,23,24,25);4,6-8H,2-3H2,1H3,(H,22,23)(H,21,24,25). The summed E-state index contributed by atoms with van der Waals surface area (Å²) in [7, 11) is 1.52. The fraction of sp³-hybridized carbons (Fsp3) is 0.156. The molecule has 0 fully saturated rings. The normalized spacial score (nSPS) is 11.7. The minimum absolute atomic E-state index is 0.103. The molecule has 0 saturated heterocycles. The van der Waals surface area contributed by atoms with Crippen molar-refractivity contribution in [2.45, 2.75) is 76.9 Å². The van der Waals surface area contributed by atoms with E-state index in [9.17, 15) is 102 Å². The zero-order chi connectivity index (χ0) is 105. The summed E-state index contributed by atoms with van der Waals surface area (Å²) in [6, 6.07) is 36.0. The first-order chi connectivity index (χ1) is 70.3. The molecule has 19 rings (SSSR count). The highest BCUT2D eigenvalue weighted by atomic mass is 35.5. The van der Waals surface area contributed by atoms with E-state index in [-0.39, 0.29) is 148 Å². The van der Waals surface area contributed by atoms with Crippen molar-refractivity contribution in [2.24, 2.45) is 0 Å². The van der Waals surface area contributed by atoms with Crippen LogP contribution in [0.2, 0.25) is 5.02 Å². The maximum Gasteiger partial charge on any atom is 0.417 e. The number of hydrogen-bond acceptors (Lipinski definition) is 29. The third-order valence-electron chi connectivity index (χ3n) is 21.4. The number of nitriles is 5. The number of aliphatic hydroxyl groups is 1. The van der Waals surface area contributed by atoms with Crippen LogP contribution in [0.15, 0.2) is 208 Å². The molecule has 0 aliphatic heterocycles. The highest BCUT2D eigenvalue weighted by Crippen LogP contribution is 2.43. The first-order valence-corrected chi connectivity index (χ1v) is 43.3. The SMILES string of the molecule is CC(O)CNc1ncc(C#N)c(-c2c[nH]c3ncc(C(F)(F)F)cc23)n1.CCCNc1ncc(C#N)c(-c2c[nH]c3ncc(C(F)(F)F)cc23)n1.COc1ccc(CNc2ncc(C#N)c(-c3c[nH]c4ncc(C(F)(F)F)cc34)n2)cc1Cl.N#Cc1cnc(NCc2ccc(-n3cccn3)cc2)nc1-c1c[nH]c2ncc(C(F)(F)F)cc12.N#Cc1cnc(NCc2ccc(O)cc2)nc1-c1c[nH]c2ncc(C(F)(F)F)cc12. The highest BCUT2D eigenvalue weighted by molar-refractivity contribution is 6.32. The smallest absolute Gasteiger partial charge is 0.417 e. The average Bonchev–Trinajstić information content (AvgIpc) is 1.68. The predicted octanol–water partition coefficient (Wildman–Crippen LogP) is 20.6. The number of hydrogen-bond donors (Lipinski definition) is 12. The van der Waals surface area contributed by atoms with Crippen molar-refractivity contribution in [3.05, 3.63) is 286 Å². The van der Waals surface area contributed by atoms with E-state index in [2.05, 4.69) is 131 Å². The Kier molecular flexibility index (Phi) is 30.4. The second kappa shape index (κ2) is 43.6. The maximum absolute atomic E-state index is 13.2. The number of phenols is 1. The minimum atomic E-state index is -4.55. The van der Waals surface area contributed by atoms with Gasteiger partial charge in [-0.3, -0.25) is 0 Å². The van der Waals surface area contributed by atoms with Crippen LogP contribution in [0.5, 0.6) is 11.5 Å². The number of halogens is 16. The third kappa shape index (κ3) is 24.2. The number of aromatic amines is 5. The second-order valence-electron chi connectivity index (χ2n) is 31.4. The summed E-state index contributed by atoms with van der Waals surface area (Å²) < 4.78 is 203. The molecule has 0 spiro atoms. The Morgan fingerprint density at radius 1 is 0.388 bits per heavy atom. The number of H-pyrrole nitrogens is 5. The third-order valence-corrected chi connectivity index (χ3v) is 21.7. The molecule has 0 saturated carbocycles. The van der Waals surface area contributed by atoms with Crippen LogP contribution in [0.25, 0.3) is 117 Å². The van der Waals surface area contributed by atoms with E-state index < -0.39 is 64.8 Å². The Bertz CT molecular complexity index is 8260. The summed E-state index contributed by atoms with van der Waals surface area (Å²) >= 11 is 6.13. The molecule has 1 unspecified atom stereocenters. The van der Waals surface area contributed by atoms with Gasteiger partial charge in [-0.15, -0.1) is 0 Å². The number of pyridine rings is 5. The summed E-state index contributed by atoms with van der Waals surface area (Å²) in [5.41, 5.74) is 3.67. The van der Waals surface area contributed by atoms with Gasteiger partial charge in [-0.05, 0) is 103 Å². The predicted molar refractivity (Wildman–Crippen MR) is 505 cm³/mol. The number of aromatic hydroxyl groups is 1. The Balaban J connectivity index is 0.000000138. The number of methoxy groups -OCH3 is 1. The number of rotatable bonds is 22.